The van der Waals surface area contributed by atoms with E-state index in [1.165, 1.54) is 0 Å². The van der Waals surface area contributed by atoms with Gasteiger partial charge in [-0.2, -0.15) is 13.2 Å². The van der Waals surface area contributed by atoms with Gasteiger partial charge in [0.25, 0.3) is 0 Å². The number of carbonyl (C=O) groups is 1. The number of halogens is 3. The Morgan fingerprint density at radius 1 is 1.27 bits per heavy atom. The van der Waals surface area contributed by atoms with Gasteiger partial charge in [-0.15, -0.1) is 0 Å². The van der Waals surface area contributed by atoms with Crippen molar-refractivity contribution >= 4 is 5.97 Å². The van der Waals surface area contributed by atoms with Gasteiger partial charge in [0.15, 0.2) is 0 Å². The van der Waals surface area contributed by atoms with Crippen molar-refractivity contribution in [3.8, 4) is 0 Å². The van der Waals surface area contributed by atoms with Gasteiger partial charge in [-0.25, -0.2) is 0 Å². The van der Waals surface area contributed by atoms with Crippen molar-refractivity contribution in [3.63, 3.8) is 0 Å². The minimum Gasteiger partial charge on any atom is -0.466 e. The first-order valence-electron chi connectivity index (χ1n) is 7.38. The van der Waals surface area contributed by atoms with Crippen molar-refractivity contribution < 1.29 is 22.7 Å². The summed E-state index contributed by atoms with van der Waals surface area (Å²) < 4.78 is 43.1. The number of hydrogen-bond donors (Lipinski definition) is 0. The molecule has 2 unspecified atom stereocenters. The summed E-state index contributed by atoms with van der Waals surface area (Å²) in [6.07, 6.45) is -5.21. The van der Waals surface area contributed by atoms with Gasteiger partial charge in [-0.05, 0) is 18.4 Å². The predicted octanol–water partition coefficient (Wildman–Crippen LogP) is 3.25. The van der Waals surface area contributed by atoms with Crippen LogP contribution in [0.15, 0.2) is 30.3 Å². The number of benzene rings is 1. The van der Waals surface area contributed by atoms with E-state index in [-0.39, 0.29) is 13.2 Å². The highest BCUT2D eigenvalue weighted by Gasteiger charge is 2.44. The topological polar surface area (TPSA) is 29.5 Å². The number of esters is 1. The molecule has 6 heteroatoms. The number of hydrogen-bond acceptors (Lipinski definition) is 3. The fourth-order valence-electron chi connectivity index (χ4n) is 2.95. The highest BCUT2D eigenvalue weighted by molar-refractivity contribution is 5.73. The van der Waals surface area contributed by atoms with E-state index in [1.54, 1.807) is 6.92 Å². The van der Waals surface area contributed by atoms with Crippen molar-refractivity contribution in [2.75, 3.05) is 19.7 Å². The van der Waals surface area contributed by atoms with Crippen molar-refractivity contribution in [1.29, 1.82) is 0 Å². The Morgan fingerprint density at radius 3 is 2.55 bits per heavy atom. The number of ether oxygens (including phenoxy) is 1. The fourth-order valence-corrected chi connectivity index (χ4v) is 2.95. The van der Waals surface area contributed by atoms with E-state index in [0.717, 1.165) is 5.56 Å². The molecule has 1 aromatic carbocycles. The molecule has 0 radical (unpaired) electrons. The number of rotatable bonds is 5. The third-order valence-electron chi connectivity index (χ3n) is 3.85. The Balaban J connectivity index is 2.05. The Kier molecular flexibility index (Phi) is 5.45. The lowest BCUT2D eigenvalue weighted by atomic mass is 9.93. The van der Waals surface area contributed by atoms with Crippen LogP contribution < -0.4 is 0 Å². The van der Waals surface area contributed by atoms with Crippen LogP contribution in [0.1, 0.15) is 18.9 Å². The summed E-state index contributed by atoms with van der Waals surface area (Å²) in [7, 11) is 0. The molecule has 1 aliphatic heterocycles. The Labute approximate surface area is 128 Å². The average molecular weight is 315 g/mol. The summed E-state index contributed by atoms with van der Waals surface area (Å²) in [5.41, 5.74) is 1.03. The molecule has 1 aliphatic rings. The Morgan fingerprint density at radius 2 is 1.95 bits per heavy atom. The molecular weight excluding hydrogens is 295 g/mol. The van der Waals surface area contributed by atoms with Gasteiger partial charge in [0, 0.05) is 26.1 Å². The van der Waals surface area contributed by atoms with E-state index in [1.807, 2.05) is 35.2 Å². The number of nitrogens with zero attached hydrogens (tertiary/aromatic N) is 1. The maximum Gasteiger partial charge on any atom is 0.389 e. The lowest BCUT2D eigenvalue weighted by molar-refractivity contribution is -0.158. The van der Waals surface area contributed by atoms with Crippen LogP contribution in [0.5, 0.6) is 0 Å². The van der Waals surface area contributed by atoms with Gasteiger partial charge in [0.1, 0.15) is 0 Å². The highest BCUT2D eigenvalue weighted by atomic mass is 19.4. The van der Waals surface area contributed by atoms with Crippen molar-refractivity contribution in [1.82, 2.24) is 4.90 Å². The Hall–Kier alpha value is -1.56. The molecule has 0 N–H and O–H groups in total. The van der Waals surface area contributed by atoms with Crippen LogP contribution >= 0.6 is 0 Å². The van der Waals surface area contributed by atoms with E-state index in [4.69, 9.17) is 4.74 Å². The van der Waals surface area contributed by atoms with E-state index in [2.05, 4.69) is 0 Å². The number of carbonyl (C=O) groups excluding carboxylic acids is 1. The summed E-state index contributed by atoms with van der Waals surface area (Å²) in [6.45, 7) is 2.97. The minimum absolute atomic E-state index is 0.187. The van der Waals surface area contributed by atoms with Gasteiger partial charge >= 0.3 is 12.1 Å². The molecule has 1 heterocycles. The van der Waals surface area contributed by atoms with Crippen LogP contribution in [0.2, 0.25) is 0 Å². The molecule has 3 nitrogen and oxygen atoms in total. The second-order valence-electron chi connectivity index (χ2n) is 5.62. The molecule has 0 saturated carbocycles. The molecule has 0 spiro atoms. The number of alkyl halides is 3. The summed E-state index contributed by atoms with van der Waals surface area (Å²) in [4.78, 5) is 13.8. The molecule has 1 fully saturated rings. The lowest BCUT2D eigenvalue weighted by Crippen LogP contribution is -2.28. The molecule has 1 aromatic rings. The normalized spacial score (nSPS) is 22.7. The molecule has 2 rings (SSSR count). The first-order chi connectivity index (χ1) is 10.4. The molecule has 0 bridgehead atoms. The van der Waals surface area contributed by atoms with Crippen LogP contribution in [0, 0.1) is 11.8 Å². The highest BCUT2D eigenvalue weighted by Crippen LogP contribution is 2.35. The lowest BCUT2D eigenvalue weighted by Gasteiger charge is -2.18. The monoisotopic (exact) mass is 315 g/mol. The van der Waals surface area contributed by atoms with Gasteiger partial charge in [0.05, 0.1) is 12.5 Å². The quantitative estimate of drug-likeness (QED) is 0.781. The average Bonchev–Trinajstić information content (AvgIpc) is 2.80. The van der Waals surface area contributed by atoms with Crippen molar-refractivity contribution in [2.45, 2.75) is 26.1 Å². The third-order valence-corrected chi connectivity index (χ3v) is 3.85. The smallest absolute Gasteiger partial charge is 0.389 e. The van der Waals surface area contributed by atoms with Gasteiger partial charge in [-0.3, -0.25) is 9.69 Å². The summed E-state index contributed by atoms with van der Waals surface area (Å²) in [5, 5.41) is 0. The molecule has 0 aliphatic carbocycles. The zero-order chi connectivity index (χ0) is 16.2. The summed E-state index contributed by atoms with van der Waals surface area (Å²) in [5.74, 6) is -1.96. The largest absolute Gasteiger partial charge is 0.466 e. The molecule has 122 valence electrons. The molecular formula is C16H20F3NO2. The molecule has 0 amide bonds. The van der Waals surface area contributed by atoms with E-state index < -0.39 is 30.4 Å². The second-order valence-corrected chi connectivity index (χ2v) is 5.62. The predicted molar refractivity (Wildman–Crippen MR) is 76.0 cm³/mol. The van der Waals surface area contributed by atoms with E-state index in [0.29, 0.717) is 13.1 Å². The molecule has 22 heavy (non-hydrogen) atoms. The van der Waals surface area contributed by atoms with E-state index >= 15 is 0 Å². The third kappa shape index (κ3) is 4.73. The second kappa shape index (κ2) is 7.13. The van der Waals surface area contributed by atoms with Crippen molar-refractivity contribution in [3.05, 3.63) is 35.9 Å². The molecule has 0 aromatic heterocycles. The molecule has 1 saturated heterocycles. The summed E-state index contributed by atoms with van der Waals surface area (Å²) in [6, 6.07) is 9.52. The zero-order valence-electron chi connectivity index (χ0n) is 12.5. The first-order valence-corrected chi connectivity index (χ1v) is 7.38. The minimum atomic E-state index is -4.27. The number of likely N-dealkylation sites (tertiary alicyclic amines) is 1. The fraction of sp³-hybridized carbons (Fsp3) is 0.562. The van der Waals surface area contributed by atoms with Gasteiger partial charge in [0.2, 0.25) is 0 Å². The SMILES string of the molecule is CCOC(=O)C1CN(Cc2ccccc2)CC1CC(F)(F)F. The summed E-state index contributed by atoms with van der Waals surface area (Å²) >= 11 is 0. The van der Waals surface area contributed by atoms with Crippen LogP contribution in [-0.2, 0) is 16.1 Å². The van der Waals surface area contributed by atoms with Crippen LogP contribution in [-0.4, -0.2) is 36.7 Å². The molecule has 2 atom stereocenters. The zero-order valence-corrected chi connectivity index (χ0v) is 12.5. The standard InChI is InChI=1S/C16H20F3NO2/c1-2-22-15(21)14-11-20(9-12-6-4-3-5-7-12)10-13(14)8-16(17,18)19/h3-7,13-14H,2,8-11H2,1H3. The Bertz CT molecular complexity index is 490. The van der Waals surface area contributed by atoms with Crippen LogP contribution in [0.25, 0.3) is 0 Å². The van der Waals surface area contributed by atoms with Crippen molar-refractivity contribution in [2.24, 2.45) is 11.8 Å². The maximum atomic E-state index is 12.7. The van der Waals surface area contributed by atoms with E-state index in [9.17, 15) is 18.0 Å². The first kappa shape index (κ1) is 16.8. The maximum absolute atomic E-state index is 12.7. The van der Waals surface area contributed by atoms with Gasteiger partial charge in [-0.1, -0.05) is 30.3 Å². The van der Waals surface area contributed by atoms with Crippen LogP contribution in [0.3, 0.4) is 0 Å². The van der Waals surface area contributed by atoms with Crippen LogP contribution in [0.4, 0.5) is 13.2 Å². The van der Waals surface area contributed by atoms with Gasteiger partial charge < -0.3 is 4.74 Å².